The molecule has 0 heterocycles. The van der Waals surface area contributed by atoms with Gasteiger partial charge >= 0.3 is 0 Å². The molecule has 0 fully saturated rings. The standard InChI is InChI=1S/C9H6FNO/c10-9-3-1-2-7(4-9)8(5-11)6-12/h1-4,6,12H/b8-6+. The van der Waals surface area contributed by atoms with Crippen LogP contribution in [-0.4, -0.2) is 5.11 Å². The molecule has 0 spiro atoms. The summed E-state index contributed by atoms with van der Waals surface area (Å²) < 4.78 is 12.6. The van der Waals surface area contributed by atoms with Gasteiger partial charge in [-0.3, -0.25) is 0 Å². The van der Waals surface area contributed by atoms with E-state index < -0.39 is 5.82 Å². The highest BCUT2D eigenvalue weighted by molar-refractivity contribution is 5.75. The van der Waals surface area contributed by atoms with Crippen molar-refractivity contribution in [2.24, 2.45) is 0 Å². The zero-order valence-corrected chi connectivity index (χ0v) is 6.16. The van der Waals surface area contributed by atoms with Crippen molar-refractivity contribution in [3.63, 3.8) is 0 Å². The lowest BCUT2D eigenvalue weighted by molar-refractivity contribution is 0.476. The summed E-state index contributed by atoms with van der Waals surface area (Å²) in [5, 5.41) is 17.0. The van der Waals surface area contributed by atoms with Gasteiger partial charge in [0.15, 0.2) is 0 Å². The van der Waals surface area contributed by atoms with Crippen molar-refractivity contribution in [3.05, 3.63) is 41.9 Å². The minimum absolute atomic E-state index is 0.0505. The third-order valence-electron chi connectivity index (χ3n) is 1.39. The molecule has 0 unspecified atom stereocenters. The molecular weight excluding hydrogens is 157 g/mol. The van der Waals surface area contributed by atoms with Crippen LogP contribution in [0, 0.1) is 17.1 Å². The summed E-state index contributed by atoms with van der Waals surface area (Å²) in [6.07, 6.45) is 0.661. The number of allylic oxidation sites excluding steroid dienone is 1. The summed E-state index contributed by atoms with van der Waals surface area (Å²) in [4.78, 5) is 0. The van der Waals surface area contributed by atoms with Crippen LogP contribution in [-0.2, 0) is 0 Å². The van der Waals surface area contributed by atoms with E-state index in [-0.39, 0.29) is 5.57 Å². The third kappa shape index (κ3) is 1.61. The Bertz CT molecular complexity index is 352. The molecule has 0 saturated heterocycles. The number of nitriles is 1. The number of nitrogens with zero attached hydrogens (tertiary/aromatic N) is 1. The number of hydrogen-bond donors (Lipinski definition) is 1. The molecule has 1 N–H and O–H groups in total. The van der Waals surface area contributed by atoms with Gasteiger partial charge in [0.05, 0.1) is 11.8 Å². The predicted octanol–water partition coefficient (Wildman–Crippen LogP) is 2.25. The predicted molar refractivity (Wildman–Crippen MR) is 42.6 cm³/mol. The van der Waals surface area contributed by atoms with Crippen molar-refractivity contribution in [3.8, 4) is 6.07 Å². The fourth-order valence-electron chi connectivity index (χ4n) is 0.824. The van der Waals surface area contributed by atoms with Gasteiger partial charge < -0.3 is 5.11 Å². The summed E-state index contributed by atoms with van der Waals surface area (Å²) in [5.41, 5.74) is 0.425. The first-order chi connectivity index (χ1) is 5.77. The topological polar surface area (TPSA) is 44.0 Å². The van der Waals surface area contributed by atoms with E-state index in [0.29, 0.717) is 11.8 Å². The fraction of sp³-hybridized carbons (Fsp3) is 0. The summed E-state index contributed by atoms with van der Waals surface area (Å²) in [6.45, 7) is 0. The van der Waals surface area contributed by atoms with Gasteiger partial charge in [0.1, 0.15) is 11.9 Å². The molecule has 0 saturated carbocycles. The summed E-state index contributed by atoms with van der Waals surface area (Å²) in [6, 6.07) is 7.23. The molecule has 1 aromatic rings. The van der Waals surface area contributed by atoms with Crippen molar-refractivity contribution in [2.45, 2.75) is 0 Å². The molecule has 12 heavy (non-hydrogen) atoms. The average molecular weight is 163 g/mol. The molecular formula is C9H6FNO. The van der Waals surface area contributed by atoms with Crippen LogP contribution in [0.15, 0.2) is 30.5 Å². The summed E-state index contributed by atoms with van der Waals surface area (Å²) in [5.74, 6) is -0.429. The van der Waals surface area contributed by atoms with E-state index in [0.717, 1.165) is 0 Å². The summed E-state index contributed by atoms with van der Waals surface area (Å²) in [7, 11) is 0. The molecule has 0 amide bonds. The number of aliphatic hydroxyl groups excluding tert-OH is 1. The molecule has 0 atom stereocenters. The Morgan fingerprint density at radius 2 is 2.33 bits per heavy atom. The fourth-order valence-corrected chi connectivity index (χ4v) is 0.824. The molecule has 0 radical (unpaired) electrons. The average Bonchev–Trinajstić information content (AvgIpc) is 2.07. The monoisotopic (exact) mass is 163 g/mol. The van der Waals surface area contributed by atoms with Crippen LogP contribution in [0.3, 0.4) is 0 Å². The van der Waals surface area contributed by atoms with Crippen LogP contribution in [0.4, 0.5) is 4.39 Å². The smallest absolute Gasteiger partial charge is 0.123 e. The van der Waals surface area contributed by atoms with Crippen LogP contribution in [0.5, 0.6) is 0 Å². The molecule has 60 valence electrons. The number of rotatable bonds is 1. The summed E-state index contributed by atoms with van der Waals surface area (Å²) >= 11 is 0. The lowest BCUT2D eigenvalue weighted by Gasteiger charge is -1.95. The van der Waals surface area contributed by atoms with Gasteiger partial charge in [-0.2, -0.15) is 5.26 Å². The Morgan fingerprint density at radius 3 is 2.83 bits per heavy atom. The van der Waals surface area contributed by atoms with Crippen LogP contribution >= 0.6 is 0 Å². The van der Waals surface area contributed by atoms with E-state index in [1.807, 2.05) is 0 Å². The van der Waals surface area contributed by atoms with Crippen LogP contribution in [0.2, 0.25) is 0 Å². The van der Waals surface area contributed by atoms with Crippen LogP contribution in [0.1, 0.15) is 5.56 Å². The van der Waals surface area contributed by atoms with Gasteiger partial charge in [0.25, 0.3) is 0 Å². The Morgan fingerprint density at radius 1 is 1.58 bits per heavy atom. The van der Waals surface area contributed by atoms with Crippen molar-refractivity contribution >= 4 is 5.57 Å². The Hall–Kier alpha value is -1.82. The van der Waals surface area contributed by atoms with E-state index in [9.17, 15) is 4.39 Å². The van der Waals surface area contributed by atoms with E-state index in [1.54, 1.807) is 12.1 Å². The first-order valence-electron chi connectivity index (χ1n) is 3.28. The van der Waals surface area contributed by atoms with Gasteiger partial charge in [-0.05, 0) is 17.7 Å². The van der Waals surface area contributed by atoms with Crippen molar-refractivity contribution in [2.75, 3.05) is 0 Å². The van der Waals surface area contributed by atoms with E-state index in [2.05, 4.69) is 0 Å². The second kappa shape index (κ2) is 3.54. The molecule has 0 aliphatic heterocycles. The van der Waals surface area contributed by atoms with Crippen LogP contribution in [0.25, 0.3) is 5.57 Å². The first-order valence-corrected chi connectivity index (χ1v) is 3.28. The van der Waals surface area contributed by atoms with Crippen molar-refractivity contribution < 1.29 is 9.50 Å². The maximum absolute atomic E-state index is 12.6. The largest absolute Gasteiger partial charge is 0.514 e. The molecule has 3 heteroatoms. The Kier molecular flexibility index (Phi) is 2.44. The molecule has 2 nitrogen and oxygen atoms in total. The lowest BCUT2D eigenvalue weighted by Crippen LogP contribution is -1.82. The highest BCUT2D eigenvalue weighted by Crippen LogP contribution is 2.13. The van der Waals surface area contributed by atoms with Gasteiger partial charge in [0.2, 0.25) is 0 Å². The molecule has 0 bridgehead atoms. The highest BCUT2D eigenvalue weighted by atomic mass is 19.1. The maximum Gasteiger partial charge on any atom is 0.123 e. The molecule has 1 rings (SSSR count). The molecule has 0 aliphatic carbocycles. The van der Waals surface area contributed by atoms with Gasteiger partial charge in [-0.1, -0.05) is 12.1 Å². The van der Waals surface area contributed by atoms with Crippen molar-refractivity contribution in [1.82, 2.24) is 0 Å². The maximum atomic E-state index is 12.6. The SMILES string of the molecule is N#C/C(=C\O)c1cccc(F)c1. The number of benzene rings is 1. The van der Waals surface area contributed by atoms with E-state index in [4.69, 9.17) is 10.4 Å². The zero-order valence-electron chi connectivity index (χ0n) is 6.16. The molecule has 0 aromatic heterocycles. The minimum Gasteiger partial charge on any atom is -0.514 e. The zero-order chi connectivity index (χ0) is 8.97. The van der Waals surface area contributed by atoms with Gasteiger partial charge in [-0.25, -0.2) is 4.39 Å². The third-order valence-corrected chi connectivity index (χ3v) is 1.39. The lowest BCUT2D eigenvalue weighted by atomic mass is 10.1. The quantitative estimate of drug-likeness (QED) is 0.509. The highest BCUT2D eigenvalue weighted by Gasteiger charge is 2.00. The Labute approximate surface area is 69.2 Å². The Balaban J connectivity index is 3.13. The molecule has 1 aromatic carbocycles. The van der Waals surface area contributed by atoms with E-state index in [1.165, 1.54) is 18.2 Å². The van der Waals surface area contributed by atoms with E-state index >= 15 is 0 Å². The number of halogens is 1. The van der Waals surface area contributed by atoms with Crippen LogP contribution < -0.4 is 0 Å². The number of hydrogen-bond acceptors (Lipinski definition) is 2. The number of aliphatic hydroxyl groups is 1. The normalized spacial score (nSPS) is 10.8. The molecule has 0 aliphatic rings. The second-order valence-electron chi connectivity index (χ2n) is 2.16. The van der Waals surface area contributed by atoms with Crippen molar-refractivity contribution in [1.29, 1.82) is 5.26 Å². The minimum atomic E-state index is -0.429. The van der Waals surface area contributed by atoms with Gasteiger partial charge in [0, 0.05) is 0 Å². The first kappa shape index (κ1) is 8.28. The second-order valence-corrected chi connectivity index (χ2v) is 2.16. The van der Waals surface area contributed by atoms with Gasteiger partial charge in [-0.15, -0.1) is 0 Å².